The minimum absolute atomic E-state index is 0.197. The Morgan fingerprint density at radius 3 is 3.00 bits per heavy atom. The fourth-order valence-electron chi connectivity index (χ4n) is 2.17. The number of anilines is 1. The number of ether oxygens (including phenoxy) is 2. The van der Waals surface area contributed by atoms with Crippen LogP contribution in [0.2, 0.25) is 0 Å². The van der Waals surface area contributed by atoms with Gasteiger partial charge in [0.05, 0.1) is 19.4 Å². The summed E-state index contributed by atoms with van der Waals surface area (Å²) in [7, 11) is 0. The van der Waals surface area contributed by atoms with Crippen molar-refractivity contribution in [3.8, 4) is 5.75 Å². The first-order valence-electron chi connectivity index (χ1n) is 6.79. The Bertz CT molecular complexity index is 643. The molecule has 0 saturated heterocycles. The van der Waals surface area contributed by atoms with Crippen molar-refractivity contribution in [2.45, 2.75) is 26.2 Å². The summed E-state index contributed by atoms with van der Waals surface area (Å²) < 4.78 is 10.9. The Hall–Kier alpha value is -2.40. The van der Waals surface area contributed by atoms with Gasteiger partial charge in [0, 0.05) is 11.9 Å². The van der Waals surface area contributed by atoms with E-state index in [2.05, 4.69) is 10.3 Å². The molecule has 1 amide bonds. The Labute approximate surface area is 122 Å². The van der Waals surface area contributed by atoms with Crippen LogP contribution in [0.25, 0.3) is 0 Å². The second-order valence-corrected chi connectivity index (χ2v) is 4.91. The number of hydrogen-bond acceptors (Lipinski definition) is 4. The molecule has 1 aromatic heterocycles. The first kappa shape index (κ1) is 13.6. The summed E-state index contributed by atoms with van der Waals surface area (Å²) in [5.41, 5.74) is 3.05. The van der Waals surface area contributed by atoms with Crippen LogP contribution in [-0.4, -0.2) is 17.0 Å². The van der Waals surface area contributed by atoms with Gasteiger partial charge in [0.1, 0.15) is 5.75 Å². The lowest BCUT2D eigenvalue weighted by molar-refractivity contribution is -0.122. The first-order chi connectivity index (χ1) is 10.2. The molecule has 2 aromatic rings. The van der Waals surface area contributed by atoms with Crippen LogP contribution in [-0.2, 0) is 22.7 Å². The predicted molar refractivity (Wildman–Crippen MR) is 77.9 cm³/mol. The fourth-order valence-corrected chi connectivity index (χ4v) is 2.17. The third kappa shape index (κ3) is 3.20. The maximum Gasteiger partial charge on any atom is 0.265 e. The highest BCUT2D eigenvalue weighted by atomic mass is 16.5. The molecule has 0 bridgehead atoms. The number of carbonyl (C=O) groups is 1. The molecular weight excluding hydrogens is 268 g/mol. The molecule has 1 atom stereocenters. The van der Waals surface area contributed by atoms with Gasteiger partial charge in [-0.1, -0.05) is 6.07 Å². The van der Waals surface area contributed by atoms with E-state index in [1.54, 1.807) is 31.5 Å². The highest BCUT2D eigenvalue weighted by molar-refractivity contribution is 5.94. The summed E-state index contributed by atoms with van der Waals surface area (Å²) in [6.45, 7) is 2.95. The molecule has 3 rings (SSSR count). The fraction of sp³-hybridized carbons (Fsp3) is 0.250. The van der Waals surface area contributed by atoms with Gasteiger partial charge in [-0.3, -0.25) is 9.78 Å². The zero-order chi connectivity index (χ0) is 14.7. The Morgan fingerprint density at radius 1 is 1.33 bits per heavy atom. The molecule has 108 valence electrons. The molecule has 5 heteroatoms. The lowest BCUT2D eigenvalue weighted by atomic mass is 10.1. The summed E-state index contributed by atoms with van der Waals surface area (Å²) >= 11 is 0. The van der Waals surface area contributed by atoms with Crippen molar-refractivity contribution in [1.82, 2.24) is 4.98 Å². The maximum absolute atomic E-state index is 12.1. The largest absolute Gasteiger partial charge is 0.479 e. The minimum Gasteiger partial charge on any atom is -0.479 e. The topological polar surface area (TPSA) is 60.5 Å². The molecule has 1 aliphatic rings. The lowest BCUT2D eigenvalue weighted by Gasteiger charge is -2.14. The van der Waals surface area contributed by atoms with E-state index in [9.17, 15) is 4.79 Å². The van der Waals surface area contributed by atoms with Gasteiger partial charge in [0.2, 0.25) is 0 Å². The second-order valence-electron chi connectivity index (χ2n) is 4.91. The summed E-state index contributed by atoms with van der Waals surface area (Å²) in [6.07, 6.45) is 2.64. The maximum atomic E-state index is 12.1. The van der Waals surface area contributed by atoms with E-state index in [-0.39, 0.29) is 5.91 Å². The van der Waals surface area contributed by atoms with E-state index in [0.29, 0.717) is 19.0 Å². The summed E-state index contributed by atoms with van der Waals surface area (Å²) in [4.78, 5) is 16.1. The van der Waals surface area contributed by atoms with Crippen LogP contribution in [0.1, 0.15) is 18.1 Å². The molecule has 1 unspecified atom stereocenters. The van der Waals surface area contributed by atoms with Gasteiger partial charge in [-0.2, -0.15) is 0 Å². The molecule has 1 N–H and O–H groups in total. The predicted octanol–water partition coefficient (Wildman–Crippen LogP) is 2.52. The van der Waals surface area contributed by atoms with Gasteiger partial charge in [0.25, 0.3) is 5.91 Å². The number of nitrogens with one attached hydrogen (secondary N) is 1. The van der Waals surface area contributed by atoms with Crippen LogP contribution in [0.4, 0.5) is 5.69 Å². The van der Waals surface area contributed by atoms with Crippen molar-refractivity contribution in [3.05, 3.63) is 53.9 Å². The van der Waals surface area contributed by atoms with Gasteiger partial charge in [0.15, 0.2) is 6.10 Å². The van der Waals surface area contributed by atoms with E-state index >= 15 is 0 Å². The third-order valence-corrected chi connectivity index (χ3v) is 3.31. The van der Waals surface area contributed by atoms with Crippen LogP contribution in [0, 0.1) is 0 Å². The quantitative estimate of drug-likeness (QED) is 0.937. The van der Waals surface area contributed by atoms with Crippen LogP contribution in [0.5, 0.6) is 5.75 Å². The zero-order valence-electron chi connectivity index (χ0n) is 11.7. The number of aromatic nitrogens is 1. The van der Waals surface area contributed by atoms with E-state index in [1.807, 2.05) is 18.2 Å². The molecular formula is C16H16N2O3. The van der Waals surface area contributed by atoms with Crippen LogP contribution < -0.4 is 10.1 Å². The summed E-state index contributed by atoms with van der Waals surface area (Å²) in [6, 6.07) is 9.33. The number of rotatable bonds is 4. The lowest BCUT2D eigenvalue weighted by Crippen LogP contribution is -2.30. The van der Waals surface area contributed by atoms with Crippen molar-refractivity contribution in [3.63, 3.8) is 0 Å². The van der Waals surface area contributed by atoms with Crippen molar-refractivity contribution in [1.29, 1.82) is 0 Å². The van der Waals surface area contributed by atoms with Crippen LogP contribution >= 0.6 is 0 Å². The molecule has 5 nitrogen and oxygen atoms in total. The van der Waals surface area contributed by atoms with E-state index < -0.39 is 6.10 Å². The first-order valence-corrected chi connectivity index (χ1v) is 6.79. The van der Waals surface area contributed by atoms with Gasteiger partial charge >= 0.3 is 0 Å². The molecule has 1 aromatic carbocycles. The van der Waals surface area contributed by atoms with Crippen molar-refractivity contribution >= 4 is 11.6 Å². The van der Waals surface area contributed by atoms with Gasteiger partial charge in [-0.05, 0) is 42.3 Å². The number of pyridine rings is 1. The molecule has 0 saturated carbocycles. The second kappa shape index (κ2) is 5.93. The number of hydrogen-bond donors (Lipinski definition) is 1. The highest BCUT2D eigenvalue weighted by Gasteiger charge is 2.17. The van der Waals surface area contributed by atoms with Gasteiger partial charge in [-0.25, -0.2) is 0 Å². The Kier molecular flexibility index (Phi) is 3.83. The molecule has 21 heavy (non-hydrogen) atoms. The number of carbonyl (C=O) groups excluding carboxylic acids is 1. The third-order valence-electron chi connectivity index (χ3n) is 3.31. The van der Waals surface area contributed by atoms with Crippen LogP contribution in [0.15, 0.2) is 42.7 Å². The van der Waals surface area contributed by atoms with Crippen molar-refractivity contribution in [2.24, 2.45) is 0 Å². The average molecular weight is 284 g/mol. The average Bonchev–Trinajstić information content (AvgIpc) is 2.95. The van der Waals surface area contributed by atoms with E-state index in [4.69, 9.17) is 9.47 Å². The van der Waals surface area contributed by atoms with E-state index in [0.717, 1.165) is 11.3 Å². The zero-order valence-corrected chi connectivity index (χ0v) is 11.7. The number of benzene rings is 1. The monoisotopic (exact) mass is 284 g/mol. The van der Waals surface area contributed by atoms with Gasteiger partial charge < -0.3 is 14.8 Å². The molecule has 0 aliphatic carbocycles. The normalized spacial score (nSPS) is 14.3. The molecule has 2 heterocycles. The Balaban J connectivity index is 1.63. The minimum atomic E-state index is -0.598. The number of fused-ring (bicyclic) bond motifs is 1. The van der Waals surface area contributed by atoms with Crippen molar-refractivity contribution in [2.75, 3.05) is 5.32 Å². The molecule has 1 aliphatic heterocycles. The smallest absolute Gasteiger partial charge is 0.265 e. The number of amides is 1. The SMILES string of the molecule is CC(Oc1cccnc1)C(=O)Nc1ccc2c(c1)COC2. The molecule has 0 radical (unpaired) electrons. The van der Waals surface area contributed by atoms with Crippen LogP contribution in [0.3, 0.4) is 0 Å². The van der Waals surface area contributed by atoms with Gasteiger partial charge in [-0.15, -0.1) is 0 Å². The summed E-state index contributed by atoms with van der Waals surface area (Å²) in [5.74, 6) is 0.375. The standard InChI is InChI=1S/C16H16N2O3/c1-11(21-15-3-2-6-17-8-15)16(19)18-14-5-4-12-9-20-10-13(12)7-14/h2-8,11H,9-10H2,1H3,(H,18,19). The van der Waals surface area contributed by atoms with E-state index in [1.165, 1.54) is 5.56 Å². The van der Waals surface area contributed by atoms with Crippen molar-refractivity contribution < 1.29 is 14.3 Å². The molecule has 0 spiro atoms. The Morgan fingerprint density at radius 2 is 2.19 bits per heavy atom. The molecule has 0 fully saturated rings. The highest BCUT2D eigenvalue weighted by Crippen LogP contribution is 2.23. The number of nitrogens with zero attached hydrogens (tertiary/aromatic N) is 1. The summed E-state index contributed by atoms with van der Waals surface area (Å²) in [5, 5.41) is 2.85.